The van der Waals surface area contributed by atoms with Crippen LogP contribution in [0.4, 0.5) is 0 Å². The summed E-state index contributed by atoms with van der Waals surface area (Å²) in [7, 11) is 0. The molecule has 0 spiro atoms. The van der Waals surface area contributed by atoms with Gasteiger partial charge in [-0.1, -0.05) is 19.9 Å². The van der Waals surface area contributed by atoms with Gasteiger partial charge in [-0.05, 0) is 25.0 Å². The van der Waals surface area contributed by atoms with Crippen molar-refractivity contribution in [1.29, 1.82) is 0 Å². The lowest BCUT2D eigenvalue weighted by atomic mass is 10.1. The minimum Gasteiger partial charge on any atom is -0.477 e. The molecule has 0 unspecified atom stereocenters. The Balaban J connectivity index is 2.72. The predicted octanol–water partition coefficient (Wildman–Crippen LogP) is 2.54. The topological polar surface area (TPSA) is 54.6 Å². The second kappa shape index (κ2) is 4.20. The average molecular weight is 232 g/mol. The van der Waals surface area contributed by atoms with Crippen LogP contribution in [0.5, 0.6) is 0 Å². The quantitative estimate of drug-likeness (QED) is 0.884. The zero-order valence-electron chi connectivity index (χ0n) is 10.3. The van der Waals surface area contributed by atoms with Gasteiger partial charge in [-0.2, -0.15) is 0 Å². The zero-order valence-corrected chi connectivity index (χ0v) is 10.3. The molecule has 0 bridgehead atoms. The third kappa shape index (κ3) is 2.02. The molecule has 1 N–H and O–H groups in total. The summed E-state index contributed by atoms with van der Waals surface area (Å²) >= 11 is 0. The zero-order chi connectivity index (χ0) is 12.6. The van der Waals surface area contributed by atoms with Gasteiger partial charge in [0, 0.05) is 6.42 Å². The Kier molecular flexibility index (Phi) is 2.88. The Morgan fingerprint density at radius 2 is 2.18 bits per heavy atom. The molecular formula is C13H16N2O2. The highest BCUT2D eigenvalue weighted by Crippen LogP contribution is 2.17. The van der Waals surface area contributed by atoms with E-state index in [0.717, 1.165) is 23.5 Å². The lowest BCUT2D eigenvalue weighted by Gasteiger charge is -2.06. The van der Waals surface area contributed by atoms with Crippen molar-refractivity contribution in [3.8, 4) is 0 Å². The number of carboxylic acids is 1. The van der Waals surface area contributed by atoms with E-state index < -0.39 is 5.97 Å². The van der Waals surface area contributed by atoms with Crippen molar-refractivity contribution in [3.05, 3.63) is 35.4 Å². The fourth-order valence-corrected chi connectivity index (χ4v) is 2.04. The Labute approximate surface area is 99.9 Å². The summed E-state index contributed by atoms with van der Waals surface area (Å²) in [6.07, 6.45) is 0.777. The van der Waals surface area contributed by atoms with Crippen molar-refractivity contribution in [3.63, 3.8) is 0 Å². The highest BCUT2D eigenvalue weighted by molar-refractivity contribution is 5.87. The van der Waals surface area contributed by atoms with Crippen molar-refractivity contribution in [2.45, 2.75) is 27.2 Å². The summed E-state index contributed by atoms with van der Waals surface area (Å²) < 4.78 is 1.75. The van der Waals surface area contributed by atoms with Crippen LogP contribution in [0.3, 0.4) is 0 Å². The fraction of sp³-hybridized carbons (Fsp3) is 0.385. The van der Waals surface area contributed by atoms with E-state index in [2.05, 4.69) is 18.8 Å². The van der Waals surface area contributed by atoms with Crippen LogP contribution in [0.15, 0.2) is 18.2 Å². The van der Waals surface area contributed by atoms with E-state index in [-0.39, 0.29) is 5.69 Å². The molecule has 0 atom stereocenters. The van der Waals surface area contributed by atoms with E-state index in [1.54, 1.807) is 16.5 Å². The summed E-state index contributed by atoms with van der Waals surface area (Å²) in [6, 6.07) is 5.27. The van der Waals surface area contributed by atoms with E-state index in [0.29, 0.717) is 5.92 Å². The highest BCUT2D eigenvalue weighted by Gasteiger charge is 2.15. The van der Waals surface area contributed by atoms with Gasteiger partial charge < -0.3 is 5.11 Å². The van der Waals surface area contributed by atoms with E-state index in [9.17, 15) is 9.90 Å². The van der Waals surface area contributed by atoms with Crippen LogP contribution in [-0.4, -0.2) is 20.5 Å². The van der Waals surface area contributed by atoms with Crippen molar-refractivity contribution in [1.82, 2.24) is 9.38 Å². The maximum atomic E-state index is 11.2. The van der Waals surface area contributed by atoms with Gasteiger partial charge in [0.25, 0.3) is 0 Å². The molecule has 4 heteroatoms. The maximum Gasteiger partial charge on any atom is 0.352 e. The molecule has 90 valence electrons. The van der Waals surface area contributed by atoms with Gasteiger partial charge in [0.05, 0.1) is 11.2 Å². The predicted molar refractivity (Wildman–Crippen MR) is 65.4 cm³/mol. The number of aromatic nitrogens is 2. The van der Waals surface area contributed by atoms with Crippen molar-refractivity contribution < 1.29 is 9.90 Å². The number of aromatic carboxylic acids is 1. The number of hydrogen-bond acceptors (Lipinski definition) is 2. The van der Waals surface area contributed by atoms with Gasteiger partial charge in [-0.25, -0.2) is 9.78 Å². The molecule has 0 fully saturated rings. The lowest BCUT2D eigenvalue weighted by molar-refractivity contribution is 0.0688. The van der Waals surface area contributed by atoms with Gasteiger partial charge >= 0.3 is 5.97 Å². The molecule has 2 heterocycles. The smallest absolute Gasteiger partial charge is 0.352 e. The van der Waals surface area contributed by atoms with Crippen molar-refractivity contribution in [2.75, 3.05) is 0 Å². The molecule has 0 aliphatic rings. The van der Waals surface area contributed by atoms with Gasteiger partial charge in [0.1, 0.15) is 11.5 Å². The molecule has 2 rings (SSSR count). The molecule has 4 nitrogen and oxygen atoms in total. The summed E-state index contributed by atoms with van der Waals surface area (Å²) in [5.41, 5.74) is 2.03. The molecule has 0 saturated carbocycles. The average Bonchev–Trinajstić information content (AvgIpc) is 2.55. The number of pyridine rings is 1. The number of rotatable bonds is 3. The number of carbonyl (C=O) groups is 1. The van der Waals surface area contributed by atoms with E-state index in [1.807, 2.05) is 13.0 Å². The molecule has 0 saturated heterocycles. The van der Waals surface area contributed by atoms with Gasteiger partial charge in [0.15, 0.2) is 0 Å². The van der Waals surface area contributed by atoms with Crippen LogP contribution in [-0.2, 0) is 6.42 Å². The van der Waals surface area contributed by atoms with Crippen LogP contribution in [0.2, 0.25) is 0 Å². The number of fused-ring (bicyclic) bond motifs is 1. The van der Waals surface area contributed by atoms with Gasteiger partial charge in [-0.3, -0.25) is 4.40 Å². The van der Waals surface area contributed by atoms with Gasteiger partial charge in [0.2, 0.25) is 0 Å². The molecule has 2 aromatic heterocycles. The third-order valence-corrected chi connectivity index (χ3v) is 2.73. The normalized spacial score (nSPS) is 11.3. The first-order valence-electron chi connectivity index (χ1n) is 5.71. The Hall–Kier alpha value is -1.84. The second-order valence-corrected chi connectivity index (χ2v) is 4.65. The monoisotopic (exact) mass is 232 g/mol. The Morgan fingerprint density at radius 3 is 2.76 bits per heavy atom. The Morgan fingerprint density at radius 1 is 1.47 bits per heavy atom. The fourth-order valence-electron chi connectivity index (χ4n) is 2.04. The minimum absolute atomic E-state index is 0.277. The first kappa shape index (κ1) is 11.6. The van der Waals surface area contributed by atoms with Crippen LogP contribution in [0, 0.1) is 12.8 Å². The van der Waals surface area contributed by atoms with Crippen LogP contribution in [0.25, 0.3) is 5.52 Å². The first-order chi connectivity index (χ1) is 8.00. The third-order valence-electron chi connectivity index (χ3n) is 2.73. The van der Waals surface area contributed by atoms with Crippen molar-refractivity contribution in [2.24, 2.45) is 5.92 Å². The summed E-state index contributed by atoms with van der Waals surface area (Å²) in [6.45, 7) is 6.10. The number of hydrogen-bond donors (Lipinski definition) is 1. The molecule has 17 heavy (non-hydrogen) atoms. The lowest BCUT2D eigenvalue weighted by Crippen LogP contribution is -2.09. The summed E-state index contributed by atoms with van der Waals surface area (Å²) in [4.78, 5) is 15.7. The van der Waals surface area contributed by atoms with E-state index >= 15 is 0 Å². The SMILES string of the molecule is Cc1nc(CC(C)C)n2c(C(=O)O)cccc12. The first-order valence-corrected chi connectivity index (χ1v) is 5.71. The number of imidazole rings is 1. The standard InChI is InChI=1S/C13H16N2O2/c1-8(2)7-12-14-9(3)10-5-4-6-11(13(16)17)15(10)12/h4-6,8H,7H2,1-3H3,(H,16,17). The van der Waals surface area contributed by atoms with Gasteiger partial charge in [-0.15, -0.1) is 0 Å². The van der Waals surface area contributed by atoms with Crippen LogP contribution in [0.1, 0.15) is 35.9 Å². The number of carboxylic acid groups (broad SMARTS) is 1. The number of nitrogens with zero attached hydrogens (tertiary/aromatic N) is 2. The summed E-state index contributed by atoms with van der Waals surface area (Å²) in [5.74, 6) is 0.352. The van der Waals surface area contributed by atoms with Crippen LogP contribution >= 0.6 is 0 Å². The molecular weight excluding hydrogens is 216 g/mol. The minimum atomic E-state index is -0.919. The molecule has 0 aliphatic heterocycles. The molecule has 0 aromatic carbocycles. The molecule has 0 radical (unpaired) electrons. The second-order valence-electron chi connectivity index (χ2n) is 4.65. The summed E-state index contributed by atoms with van der Waals surface area (Å²) in [5, 5.41) is 9.20. The van der Waals surface area contributed by atoms with Crippen LogP contribution < -0.4 is 0 Å². The Bertz CT molecular complexity index is 570. The largest absolute Gasteiger partial charge is 0.477 e. The van der Waals surface area contributed by atoms with Crippen molar-refractivity contribution >= 4 is 11.5 Å². The molecule has 0 aliphatic carbocycles. The highest BCUT2D eigenvalue weighted by atomic mass is 16.4. The maximum absolute atomic E-state index is 11.2. The van der Waals surface area contributed by atoms with E-state index in [1.165, 1.54) is 0 Å². The molecule has 0 amide bonds. The number of aryl methyl sites for hydroxylation is 1. The molecule has 2 aromatic rings. The van der Waals surface area contributed by atoms with E-state index in [4.69, 9.17) is 0 Å².